The third-order valence-electron chi connectivity index (χ3n) is 8.60. The van der Waals surface area contributed by atoms with E-state index in [1.54, 1.807) is 5.57 Å². The van der Waals surface area contributed by atoms with Crippen LogP contribution in [0, 0.1) is 5.41 Å². The van der Waals surface area contributed by atoms with E-state index in [9.17, 15) is 4.79 Å². The number of hydrogen-bond donors (Lipinski definition) is 2. The van der Waals surface area contributed by atoms with Crippen LogP contribution in [0.2, 0.25) is 5.02 Å². The lowest BCUT2D eigenvalue weighted by atomic mass is 9.71. The molecule has 0 spiro atoms. The summed E-state index contributed by atoms with van der Waals surface area (Å²) in [6, 6.07) is 16.7. The number of anilines is 1. The number of carbonyl (C=O) groups excluding carboxylic acids is 1. The zero-order valence-corrected chi connectivity index (χ0v) is 24.9. The Morgan fingerprint density at radius 1 is 1.03 bits per heavy atom. The van der Waals surface area contributed by atoms with Crippen LogP contribution in [-0.2, 0) is 0 Å². The quantitative estimate of drug-likeness (QED) is 0.493. The number of primary amides is 1. The third-order valence-corrected chi connectivity index (χ3v) is 8.85. The summed E-state index contributed by atoms with van der Waals surface area (Å²) in [6.45, 7) is 14.4. The number of rotatable bonds is 7. The van der Waals surface area contributed by atoms with Gasteiger partial charge < -0.3 is 16.0 Å². The maximum Gasteiger partial charge on any atom is 0.248 e. The smallest absolute Gasteiger partial charge is 0.248 e. The molecule has 39 heavy (non-hydrogen) atoms. The Kier molecular flexibility index (Phi) is 10.00. The Morgan fingerprint density at radius 2 is 1.72 bits per heavy atom. The molecule has 0 aromatic heterocycles. The van der Waals surface area contributed by atoms with Crippen molar-refractivity contribution in [3.8, 4) is 0 Å². The molecule has 3 N–H and O–H groups in total. The molecule has 2 aromatic rings. The maximum atomic E-state index is 11.4. The number of amides is 1. The Morgan fingerprint density at radius 3 is 2.36 bits per heavy atom. The normalized spacial score (nSPS) is 24.9. The first-order valence-corrected chi connectivity index (χ1v) is 14.5. The van der Waals surface area contributed by atoms with Gasteiger partial charge in [0.1, 0.15) is 0 Å². The van der Waals surface area contributed by atoms with Crippen LogP contribution in [0.1, 0.15) is 49.0 Å². The topological polar surface area (TPSA) is 64.8 Å². The van der Waals surface area contributed by atoms with Crippen molar-refractivity contribution in [2.75, 3.05) is 63.8 Å². The molecule has 5 rings (SSSR count). The van der Waals surface area contributed by atoms with Crippen molar-refractivity contribution in [2.24, 2.45) is 11.1 Å². The van der Waals surface area contributed by atoms with Gasteiger partial charge >= 0.3 is 0 Å². The van der Waals surface area contributed by atoms with Crippen LogP contribution in [0.15, 0.2) is 54.1 Å². The van der Waals surface area contributed by atoms with Gasteiger partial charge in [0.05, 0.1) is 0 Å². The van der Waals surface area contributed by atoms with E-state index in [2.05, 4.69) is 46.0 Å². The molecular weight excluding hydrogens is 529 g/mol. The van der Waals surface area contributed by atoms with Crippen molar-refractivity contribution < 1.29 is 4.79 Å². The van der Waals surface area contributed by atoms with E-state index >= 15 is 0 Å². The van der Waals surface area contributed by atoms with Gasteiger partial charge in [0.15, 0.2) is 0 Å². The fourth-order valence-electron chi connectivity index (χ4n) is 6.57. The summed E-state index contributed by atoms with van der Waals surface area (Å²) < 4.78 is 0. The fraction of sp³-hybridized carbons (Fsp3) is 0.516. The highest BCUT2D eigenvalue weighted by molar-refractivity contribution is 6.30. The van der Waals surface area contributed by atoms with Gasteiger partial charge in [-0.3, -0.25) is 14.6 Å². The number of piperazine rings is 2. The average molecular weight is 573 g/mol. The van der Waals surface area contributed by atoms with Crippen LogP contribution in [0.5, 0.6) is 0 Å². The van der Waals surface area contributed by atoms with Crippen molar-refractivity contribution >= 4 is 41.2 Å². The van der Waals surface area contributed by atoms with E-state index in [1.165, 1.54) is 24.1 Å². The molecule has 0 radical (unpaired) electrons. The molecule has 2 heterocycles. The molecule has 2 aliphatic heterocycles. The molecule has 0 bridgehead atoms. The van der Waals surface area contributed by atoms with E-state index in [0.29, 0.717) is 17.0 Å². The molecular formula is C31H43Cl2N5O. The average Bonchev–Trinajstić information content (AvgIpc) is 2.90. The number of benzene rings is 2. The maximum absolute atomic E-state index is 11.4. The minimum absolute atomic E-state index is 0. The molecule has 1 amide bonds. The number of nitrogens with zero attached hydrogens (tertiary/aromatic N) is 3. The Labute approximate surface area is 245 Å². The van der Waals surface area contributed by atoms with Crippen LogP contribution in [0.25, 0.3) is 5.57 Å². The molecule has 2 fully saturated rings. The van der Waals surface area contributed by atoms with Crippen molar-refractivity contribution in [2.45, 2.75) is 39.2 Å². The van der Waals surface area contributed by atoms with Crippen LogP contribution in [-0.4, -0.2) is 80.7 Å². The Bertz CT molecular complexity index is 1140. The van der Waals surface area contributed by atoms with E-state index in [4.69, 9.17) is 17.3 Å². The van der Waals surface area contributed by atoms with E-state index in [1.807, 2.05) is 36.4 Å². The second-order valence-electron chi connectivity index (χ2n) is 11.8. The standard InChI is InChI=1S/C31H42ClN5O.ClH/c1-23-20-36(14-13-34-23)22-31(2)12-11-29(24-3-7-27(32)8-4-24)26(19-31)21-35-15-17-37(18-16-35)28-9-5-25(6-10-28)30(33)38;/h3-10,23,34H,11-22H2,1-2H3,(H2,33,38);1H/t23-,31+;/m0./s1. The van der Waals surface area contributed by atoms with Gasteiger partial charge in [-0.15, -0.1) is 12.4 Å². The lowest BCUT2D eigenvalue weighted by Gasteiger charge is -2.44. The molecule has 1 aliphatic carbocycles. The summed E-state index contributed by atoms with van der Waals surface area (Å²) in [5.74, 6) is -0.378. The van der Waals surface area contributed by atoms with Crippen LogP contribution in [0.3, 0.4) is 0 Å². The first kappa shape index (κ1) is 29.9. The third kappa shape index (κ3) is 7.56. The second kappa shape index (κ2) is 13.0. The van der Waals surface area contributed by atoms with Gasteiger partial charge in [-0.2, -0.15) is 0 Å². The molecule has 0 saturated carbocycles. The molecule has 2 atom stereocenters. The van der Waals surface area contributed by atoms with Gasteiger partial charge in [-0.25, -0.2) is 0 Å². The minimum Gasteiger partial charge on any atom is -0.369 e. The summed E-state index contributed by atoms with van der Waals surface area (Å²) >= 11 is 6.23. The van der Waals surface area contributed by atoms with Gasteiger partial charge in [-0.05, 0) is 79.1 Å². The number of allylic oxidation sites excluding steroid dienone is 1. The highest BCUT2D eigenvalue weighted by Gasteiger charge is 2.35. The lowest BCUT2D eigenvalue weighted by molar-refractivity contribution is 0.1000. The molecule has 3 aliphatic rings. The zero-order valence-electron chi connectivity index (χ0n) is 23.3. The Balaban J connectivity index is 0.00000353. The first-order chi connectivity index (χ1) is 18.3. The number of nitrogens with one attached hydrogen (secondary N) is 1. The highest BCUT2D eigenvalue weighted by Crippen LogP contribution is 2.44. The monoisotopic (exact) mass is 571 g/mol. The zero-order chi connectivity index (χ0) is 26.7. The number of hydrogen-bond acceptors (Lipinski definition) is 5. The highest BCUT2D eigenvalue weighted by atomic mass is 35.5. The van der Waals surface area contributed by atoms with Crippen molar-refractivity contribution in [1.82, 2.24) is 15.1 Å². The predicted octanol–water partition coefficient (Wildman–Crippen LogP) is 4.92. The van der Waals surface area contributed by atoms with Crippen LogP contribution < -0.4 is 16.0 Å². The van der Waals surface area contributed by atoms with E-state index in [0.717, 1.165) is 75.9 Å². The fourth-order valence-corrected chi connectivity index (χ4v) is 6.69. The summed E-state index contributed by atoms with van der Waals surface area (Å²) in [5.41, 5.74) is 11.9. The molecule has 6 nitrogen and oxygen atoms in total. The second-order valence-corrected chi connectivity index (χ2v) is 12.3. The molecule has 2 aromatic carbocycles. The summed E-state index contributed by atoms with van der Waals surface area (Å²) in [5, 5.41) is 4.38. The van der Waals surface area contributed by atoms with Gasteiger partial charge in [-0.1, -0.05) is 36.2 Å². The van der Waals surface area contributed by atoms with Gasteiger partial charge in [0, 0.05) is 81.2 Å². The van der Waals surface area contributed by atoms with Crippen molar-refractivity contribution in [1.29, 1.82) is 0 Å². The predicted molar refractivity (Wildman–Crippen MR) is 165 cm³/mol. The van der Waals surface area contributed by atoms with E-state index in [-0.39, 0.29) is 18.3 Å². The molecule has 8 heteroatoms. The molecule has 2 saturated heterocycles. The van der Waals surface area contributed by atoms with Crippen LogP contribution in [0.4, 0.5) is 5.69 Å². The van der Waals surface area contributed by atoms with Crippen LogP contribution >= 0.6 is 24.0 Å². The summed E-state index contributed by atoms with van der Waals surface area (Å²) in [4.78, 5) is 19.1. The number of halogens is 2. The number of nitrogens with two attached hydrogens (primary N) is 1. The molecule has 212 valence electrons. The van der Waals surface area contributed by atoms with E-state index < -0.39 is 0 Å². The Hall–Kier alpha value is -2.09. The van der Waals surface area contributed by atoms with Gasteiger partial charge in [0.2, 0.25) is 5.91 Å². The summed E-state index contributed by atoms with van der Waals surface area (Å²) in [6.07, 6.45) is 3.50. The lowest BCUT2D eigenvalue weighted by Crippen LogP contribution is -2.52. The van der Waals surface area contributed by atoms with Crippen molar-refractivity contribution in [3.05, 3.63) is 70.3 Å². The SMILES string of the molecule is C[C@H]1CN(C[C@]2(C)CCC(c3ccc(Cl)cc3)=C(CN3CCN(c4ccc(C(N)=O)cc4)CC3)C2)CCN1.Cl. The summed E-state index contributed by atoms with van der Waals surface area (Å²) in [7, 11) is 0. The van der Waals surface area contributed by atoms with Crippen molar-refractivity contribution in [3.63, 3.8) is 0 Å². The molecule has 0 unspecified atom stereocenters. The first-order valence-electron chi connectivity index (χ1n) is 14.1. The largest absolute Gasteiger partial charge is 0.369 e. The number of carbonyl (C=O) groups is 1. The minimum atomic E-state index is -0.378. The van der Waals surface area contributed by atoms with Gasteiger partial charge in [0.25, 0.3) is 0 Å².